The number of carbonyl (C=O) groups excluding carboxylic acids is 1. The highest BCUT2D eigenvalue weighted by molar-refractivity contribution is 5.90. The summed E-state index contributed by atoms with van der Waals surface area (Å²) in [5.41, 5.74) is 7.57. The van der Waals surface area contributed by atoms with Gasteiger partial charge in [-0.2, -0.15) is 14.8 Å². The van der Waals surface area contributed by atoms with Gasteiger partial charge in [0.05, 0.1) is 5.69 Å². The molecule has 1 aromatic carbocycles. The number of benzene rings is 1. The van der Waals surface area contributed by atoms with Crippen molar-refractivity contribution >= 4 is 11.7 Å². The Kier molecular flexibility index (Phi) is 2.79. The molecule has 0 saturated carbocycles. The van der Waals surface area contributed by atoms with Gasteiger partial charge in [0.25, 0.3) is 0 Å². The van der Waals surface area contributed by atoms with E-state index >= 15 is 0 Å². The van der Waals surface area contributed by atoms with Crippen LogP contribution in [0.4, 0.5) is 5.95 Å². The molecular weight excluding hydrogens is 256 g/mol. The third-order valence-electron chi connectivity index (χ3n) is 2.81. The Labute approximate surface area is 114 Å². The number of nitrogens with zero attached hydrogens (tertiary/aromatic N) is 4. The summed E-state index contributed by atoms with van der Waals surface area (Å²) in [6, 6.07) is 11.5. The van der Waals surface area contributed by atoms with Gasteiger partial charge in [-0.15, -0.1) is 5.10 Å². The number of hydrogen-bond acceptors (Lipinski definition) is 5. The Hall–Kier alpha value is -2.96. The Bertz CT molecular complexity index is 758. The van der Waals surface area contributed by atoms with E-state index in [1.54, 1.807) is 6.07 Å². The maximum atomic E-state index is 11.2. The molecule has 20 heavy (non-hydrogen) atoms. The van der Waals surface area contributed by atoms with E-state index in [4.69, 9.17) is 5.73 Å². The van der Waals surface area contributed by atoms with Gasteiger partial charge in [-0.05, 0) is 5.56 Å². The summed E-state index contributed by atoms with van der Waals surface area (Å²) in [4.78, 5) is 15.1. The molecule has 0 aliphatic rings. The minimum atomic E-state index is -0.241. The highest BCUT2D eigenvalue weighted by atomic mass is 16.1. The molecular formula is C13H12N6O. The van der Waals surface area contributed by atoms with Gasteiger partial charge in [-0.1, -0.05) is 30.3 Å². The topological polar surface area (TPSA) is 102 Å². The number of hydrogen-bond donors (Lipinski definition) is 2. The summed E-state index contributed by atoms with van der Waals surface area (Å²) >= 11 is 0. The second kappa shape index (κ2) is 4.61. The van der Waals surface area contributed by atoms with Gasteiger partial charge in [0, 0.05) is 13.0 Å². The number of H-pyrrole nitrogens is 1. The molecule has 0 aliphatic carbocycles. The molecule has 0 radical (unpaired) electrons. The molecule has 2 aromatic heterocycles. The smallest absolute Gasteiger partial charge is 0.225 e. The molecule has 0 amide bonds. The molecule has 0 unspecified atom stereocenters. The zero-order valence-electron chi connectivity index (χ0n) is 10.7. The summed E-state index contributed by atoms with van der Waals surface area (Å²) in [6.07, 6.45) is 0. The lowest BCUT2D eigenvalue weighted by Crippen LogP contribution is -2.03. The van der Waals surface area contributed by atoms with Crippen LogP contribution in [-0.2, 0) is 0 Å². The Balaban J connectivity index is 2.00. The number of nitrogens with two attached hydrogens (primary N) is 1. The first-order valence-corrected chi connectivity index (χ1v) is 6.00. The highest BCUT2D eigenvalue weighted by Gasteiger charge is 2.14. The van der Waals surface area contributed by atoms with Crippen LogP contribution in [0.1, 0.15) is 17.5 Å². The van der Waals surface area contributed by atoms with E-state index in [-0.39, 0.29) is 17.6 Å². The van der Waals surface area contributed by atoms with Crippen LogP contribution < -0.4 is 5.73 Å². The number of rotatable bonds is 3. The van der Waals surface area contributed by atoms with Crippen molar-refractivity contribution in [1.29, 1.82) is 0 Å². The van der Waals surface area contributed by atoms with E-state index in [1.807, 2.05) is 30.3 Å². The lowest BCUT2D eigenvalue weighted by molar-refractivity contribution is 0.100. The minimum Gasteiger partial charge on any atom is -0.368 e. The Morgan fingerprint density at radius 1 is 1.30 bits per heavy atom. The lowest BCUT2D eigenvalue weighted by atomic mass is 10.2. The van der Waals surface area contributed by atoms with Crippen LogP contribution in [0.25, 0.3) is 17.1 Å². The van der Waals surface area contributed by atoms with Crippen LogP contribution in [0.15, 0.2) is 36.4 Å². The van der Waals surface area contributed by atoms with Crippen LogP contribution in [0.2, 0.25) is 0 Å². The van der Waals surface area contributed by atoms with Crippen molar-refractivity contribution in [2.75, 3.05) is 5.73 Å². The average molecular weight is 268 g/mol. The molecule has 0 fully saturated rings. The largest absolute Gasteiger partial charge is 0.368 e. The maximum absolute atomic E-state index is 11.2. The second-order valence-electron chi connectivity index (χ2n) is 4.27. The molecule has 2 heterocycles. The lowest BCUT2D eigenvalue weighted by Gasteiger charge is -1.95. The van der Waals surface area contributed by atoms with Crippen molar-refractivity contribution in [2.24, 2.45) is 0 Å². The summed E-state index contributed by atoms with van der Waals surface area (Å²) in [6.45, 7) is 1.39. The fourth-order valence-corrected chi connectivity index (χ4v) is 1.83. The Morgan fingerprint density at radius 3 is 2.70 bits per heavy atom. The summed E-state index contributed by atoms with van der Waals surface area (Å²) < 4.78 is 1.33. The first kappa shape index (κ1) is 12.1. The molecule has 3 aromatic rings. The predicted molar refractivity (Wildman–Crippen MR) is 73.4 cm³/mol. The number of aromatic amines is 1. The van der Waals surface area contributed by atoms with Gasteiger partial charge in [-0.3, -0.25) is 9.89 Å². The van der Waals surface area contributed by atoms with Crippen molar-refractivity contribution < 1.29 is 4.79 Å². The van der Waals surface area contributed by atoms with E-state index in [1.165, 1.54) is 11.6 Å². The molecule has 7 nitrogen and oxygen atoms in total. The van der Waals surface area contributed by atoms with Crippen LogP contribution in [0.3, 0.4) is 0 Å². The number of carbonyl (C=O) groups is 1. The molecule has 0 aliphatic heterocycles. The minimum absolute atomic E-state index is 0.0757. The van der Waals surface area contributed by atoms with Gasteiger partial charge in [0.2, 0.25) is 11.8 Å². The fourth-order valence-electron chi connectivity index (χ4n) is 1.83. The van der Waals surface area contributed by atoms with Crippen molar-refractivity contribution in [3.05, 3.63) is 42.2 Å². The fraction of sp³-hybridized carbons (Fsp3) is 0.0769. The third kappa shape index (κ3) is 2.05. The number of anilines is 1. The van der Waals surface area contributed by atoms with E-state index < -0.39 is 0 Å². The first-order chi connectivity index (χ1) is 9.65. The van der Waals surface area contributed by atoms with Gasteiger partial charge in [-0.25, -0.2) is 0 Å². The number of aromatic nitrogens is 5. The van der Waals surface area contributed by atoms with Crippen LogP contribution in [0.5, 0.6) is 0 Å². The average Bonchev–Trinajstić information content (AvgIpc) is 3.06. The maximum Gasteiger partial charge on any atom is 0.225 e. The molecule has 7 heteroatoms. The van der Waals surface area contributed by atoms with E-state index in [0.29, 0.717) is 5.82 Å². The van der Waals surface area contributed by atoms with Crippen LogP contribution >= 0.6 is 0 Å². The summed E-state index contributed by atoms with van der Waals surface area (Å²) in [7, 11) is 0. The van der Waals surface area contributed by atoms with Crippen molar-refractivity contribution in [2.45, 2.75) is 6.92 Å². The molecule has 0 saturated heterocycles. The van der Waals surface area contributed by atoms with Gasteiger partial charge < -0.3 is 5.73 Å². The number of nitrogen functional groups attached to an aromatic ring is 1. The van der Waals surface area contributed by atoms with Crippen LogP contribution in [-0.4, -0.2) is 30.7 Å². The van der Waals surface area contributed by atoms with Crippen molar-refractivity contribution in [3.63, 3.8) is 0 Å². The molecule has 3 N–H and O–H groups in total. The molecule has 100 valence electrons. The summed E-state index contributed by atoms with van der Waals surface area (Å²) in [5.74, 6) is 0.448. The van der Waals surface area contributed by atoms with Crippen molar-refractivity contribution in [1.82, 2.24) is 25.0 Å². The molecule has 0 bridgehead atoms. The van der Waals surface area contributed by atoms with E-state index in [2.05, 4.69) is 20.3 Å². The van der Waals surface area contributed by atoms with Gasteiger partial charge >= 0.3 is 0 Å². The first-order valence-electron chi connectivity index (χ1n) is 6.00. The normalized spacial score (nSPS) is 10.7. The number of ketones is 1. The Morgan fingerprint density at radius 2 is 2.05 bits per heavy atom. The molecule has 3 rings (SSSR count). The zero-order chi connectivity index (χ0) is 14.1. The quantitative estimate of drug-likeness (QED) is 0.700. The number of Topliss-reactive ketones (excluding diaryl/α,β-unsaturated/α-hetero) is 1. The van der Waals surface area contributed by atoms with Crippen molar-refractivity contribution in [3.8, 4) is 17.1 Å². The van der Waals surface area contributed by atoms with E-state index in [0.717, 1.165) is 11.3 Å². The van der Waals surface area contributed by atoms with Crippen LogP contribution in [0, 0.1) is 0 Å². The zero-order valence-corrected chi connectivity index (χ0v) is 10.7. The molecule has 0 atom stereocenters. The monoisotopic (exact) mass is 268 g/mol. The standard InChI is InChI=1S/C13H12N6O/c1-8(20)12-15-13(14)19(18-12)11-7-10(16-17-11)9-5-3-2-4-6-9/h2-7H,1H3,(H,16,17)(H2,14,15,18). The van der Waals surface area contributed by atoms with Gasteiger partial charge in [0.1, 0.15) is 0 Å². The second-order valence-corrected chi connectivity index (χ2v) is 4.27. The number of nitrogens with one attached hydrogen (secondary N) is 1. The third-order valence-corrected chi connectivity index (χ3v) is 2.81. The summed E-state index contributed by atoms with van der Waals surface area (Å²) in [5, 5.41) is 11.1. The highest BCUT2D eigenvalue weighted by Crippen LogP contribution is 2.19. The molecule has 0 spiro atoms. The SMILES string of the molecule is CC(=O)c1nc(N)n(-c2cc(-c3ccccc3)[nH]n2)n1. The predicted octanol–water partition coefficient (Wildman–Crippen LogP) is 1.44. The van der Waals surface area contributed by atoms with Gasteiger partial charge in [0.15, 0.2) is 11.6 Å². The van der Waals surface area contributed by atoms with E-state index in [9.17, 15) is 4.79 Å².